The number of hydrogen-bond acceptors (Lipinski definition) is 2. The Balaban J connectivity index is 2.32. The Hall–Kier alpha value is -1.19. The second kappa shape index (κ2) is 5.63. The molecule has 0 bridgehead atoms. The zero-order chi connectivity index (χ0) is 13.1. The molecule has 0 N–H and O–H groups in total. The molecule has 92 valence electrons. The second-order valence-corrected chi connectivity index (χ2v) is 5.28. The molecule has 2 rings (SSSR count). The Morgan fingerprint density at radius 1 is 1.28 bits per heavy atom. The topological polar surface area (TPSA) is 30.0 Å². The maximum Gasteiger partial charge on any atom is 0.171 e. The molecule has 2 nitrogen and oxygen atoms in total. The molecule has 0 aliphatic rings. The lowest BCUT2D eigenvalue weighted by atomic mass is 9.93. The van der Waals surface area contributed by atoms with Gasteiger partial charge in [-0.15, -0.1) is 0 Å². The van der Waals surface area contributed by atoms with Crippen molar-refractivity contribution < 1.29 is 4.79 Å². The molecule has 0 aliphatic carbocycles. The van der Waals surface area contributed by atoms with E-state index < -0.39 is 0 Å². The smallest absolute Gasteiger partial charge is 0.171 e. The number of rotatable bonds is 3. The van der Waals surface area contributed by atoms with Gasteiger partial charge in [0, 0.05) is 33.4 Å². The standard InChI is InChI=1S/C14H11BrClNO/c1-9(10-4-6-17-7-5-10)14(18)12-3-2-11(16)8-13(12)15/h2-9H,1H3. The average molecular weight is 325 g/mol. The van der Waals surface area contributed by atoms with Gasteiger partial charge in [0.15, 0.2) is 5.78 Å². The molecule has 0 spiro atoms. The molecule has 1 aromatic heterocycles. The second-order valence-electron chi connectivity index (χ2n) is 3.99. The summed E-state index contributed by atoms with van der Waals surface area (Å²) in [5.41, 5.74) is 1.60. The minimum atomic E-state index is -0.203. The van der Waals surface area contributed by atoms with E-state index in [1.165, 1.54) is 0 Å². The molecular weight excluding hydrogens is 314 g/mol. The van der Waals surface area contributed by atoms with Crippen LogP contribution in [0.4, 0.5) is 0 Å². The van der Waals surface area contributed by atoms with Crippen molar-refractivity contribution in [1.29, 1.82) is 0 Å². The van der Waals surface area contributed by atoms with E-state index in [0.29, 0.717) is 10.6 Å². The lowest BCUT2D eigenvalue weighted by molar-refractivity contribution is 0.0965. The van der Waals surface area contributed by atoms with E-state index in [-0.39, 0.29) is 11.7 Å². The summed E-state index contributed by atoms with van der Waals surface area (Å²) < 4.78 is 0.723. The van der Waals surface area contributed by atoms with Crippen molar-refractivity contribution in [3.63, 3.8) is 0 Å². The molecule has 1 heterocycles. The fourth-order valence-corrected chi connectivity index (χ4v) is 2.60. The highest BCUT2D eigenvalue weighted by molar-refractivity contribution is 9.10. The summed E-state index contributed by atoms with van der Waals surface area (Å²) in [7, 11) is 0. The number of aromatic nitrogens is 1. The number of pyridine rings is 1. The molecule has 0 saturated heterocycles. The molecule has 1 unspecified atom stereocenters. The SMILES string of the molecule is CC(C(=O)c1ccc(Cl)cc1Br)c1ccncc1. The molecule has 0 radical (unpaired) electrons. The van der Waals surface area contributed by atoms with Crippen LogP contribution in [0.2, 0.25) is 5.02 Å². The average Bonchev–Trinajstić information content (AvgIpc) is 2.38. The third-order valence-electron chi connectivity index (χ3n) is 2.80. The maximum absolute atomic E-state index is 12.4. The highest BCUT2D eigenvalue weighted by Crippen LogP contribution is 2.27. The van der Waals surface area contributed by atoms with Crippen LogP contribution in [0, 0.1) is 0 Å². The van der Waals surface area contributed by atoms with Gasteiger partial charge in [-0.05, 0) is 51.8 Å². The maximum atomic E-state index is 12.4. The van der Waals surface area contributed by atoms with Gasteiger partial charge in [-0.3, -0.25) is 9.78 Å². The van der Waals surface area contributed by atoms with Gasteiger partial charge in [0.25, 0.3) is 0 Å². The third kappa shape index (κ3) is 2.79. The Kier molecular flexibility index (Phi) is 4.15. The highest BCUT2D eigenvalue weighted by Gasteiger charge is 2.19. The number of carbonyl (C=O) groups excluding carboxylic acids is 1. The van der Waals surface area contributed by atoms with Crippen molar-refractivity contribution in [2.45, 2.75) is 12.8 Å². The number of nitrogens with zero attached hydrogens (tertiary/aromatic N) is 1. The number of Topliss-reactive ketones (excluding diaryl/α,β-unsaturated/α-hetero) is 1. The van der Waals surface area contributed by atoms with Gasteiger partial charge >= 0.3 is 0 Å². The summed E-state index contributed by atoms with van der Waals surface area (Å²) in [5.74, 6) is -0.143. The van der Waals surface area contributed by atoms with Gasteiger partial charge < -0.3 is 0 Å². The summed E-state index contributed by atoms with van der Waals surface area (Å²) in [6, 6.07) is 8.90. The zero-order valence-electron chi connectivity index (χ0n) is 9.73. The molecule has 1 atom stereocenters. The first-order chi connectivity index (χ1) is 8.59. The molecule has 0 amide bonds. The first-order valence-electron chi connectivity index (χ1n) is 5.49. The van der Waals surface area contributed by atoms with Crippen LogP contribution >= 0.6 is 27.5 Å². The van der Waals surface area contributed by atoms with Gasteiger partial charge in [-0.2, -0.15) is 0 Å². The van der Waals surface area contributed by atoms with Gasteiger partial charge in [0.2, 0.25) is 0 Å². The number of ketones is 1. The van der Waals surface area contributed by atoms with E-state index in [1.54, 1.807) is 30.6 Å². The van der Waals surface area contributed by atoms with Crippen LogP contribution < -0.4 is 0 Å². The third-order valence-corrected chi connectivity index (χ3v) is 3.69. The lowest BCUT2D eigenvalue weighted by Crippen LogP contribution is -2.10. The zero-order valence-corrected chi connectivity index (χ0v) is 12.1. The van der Waals surface area contributed by atoms with Crippen molar-refractivity contribution in [1.82, 2.24) is 4.98 Å². The summed E-state index contributed by atoms with van der Waals surface area (Å²) >= 11 is 9.24. The molecular formula is C14H11BrClNO. The number of carbonyl (C=O) groups is 1. The normalized spacial score (nSPS) is 12.2. The fourth-order valence-electron chi connectivity index (χ4n) is 1.73. The van der Waals surface area contributed by atoms with Crippen LogP contribution in [0.15, 0.2) is 47.2 Å². The monoisotopic (exact) mass is 323 g/mol. The van der Waals surface area contributed by atoms with E-state index in [1.807, 2.05) is 19.1 Å². The largest absolute Gasteiger partial charge is 0.293 e. The Morgan fingerprint density at radius 3 is 2.56 bits per heavy atom. The predicted octanol–water partition coefficient (Wildman–Crippen LogP) is 4.48. The van der Waals surface area contributed by atoms with Crippen molar-refractivity contribution in [2.75, 3.05) is 0 Å². The Morgan fingerprint density at radius 2 is 1.94 bits per heavy atom. The van der Waals surface area contributed by atoms with E-state index in [0.717, 1.165) is 10.0 Å². The highest BCUT2D eigenvalue weighted by atomic mass is 79.9. The Bertz CT molecular complexity index is 571. The quantitative estimate of drug-likeness (QED) is 0.779. The fraction of sp³-hybridized carbons (Fsp3) is 0.143. The Labute approximate surface area is 119 Å². The van der Waals surface area contributed by atoms with E-state index in [2.05, 4.69) is 20.9 Å². The summed E-state index contributed by atoms with van der Waals surface area (Å²) in [6.07, 6.45) is 3.38. The molecule has 0 aliphatic heterocycles. The van der Waals surface area contributed by atoms with Crippen LogP contribution in [-0.4, -0.2) is 10.8 Å². The molecule has 18 heavy (non-hydrogen) atoms. The number of halogens is 2. The number of benzene rings is 1. The summed E-state index contributed by atoms with van der Waals surface area (Å²) in [5, 5.41) is 0.606. The molecule has 2 aromatic rings. The van der Waals surface area contributed by atoms with Gasteiger partial charge in [0.1, 0.15) is 0 Å². The van der Waals surface area contributed by atoms with Crippen molar-refractivity contribution in [3.05, 3.63) is 63.3 Å². The summed E-state index contributed by atoms with van der Waals surface area (Å²) in [6.45, 7) is 1.89. The van der Waals surface area contributed by atoms with E-state index in [9.17, 15) is 4.79 Å². The van der Waals surface area contributed by atoms with Crippen LogP contribution in [0.5, 0.6) is 0 Å². The van der Waals surface area contributed by atoms with Crippen molar-refractivity contribution >= 4 is 33.3 Å². The van der Waals surface area contributed by atoms with Crippen LogP contribution in [0.1, 0.15) is 28.8 Å². The molecule has 0 saturated carbocycles. The van der Waals surface area contributed by atoms with Crippen LogP contribution in [0.25, 0.3) is 0 Å². The molecule has 1 aromatic carbocycles. The van der Waals surface area contributed by atoms with Crippen LogP contribution in [0.3, 0.4) is 0 Å². The first kappa shape index (κ1) is 13.2. The van der Waals surface area contributed by atoms with Gasteiger partial charge in [0.05, 0.1) is 0 Å². The van der Waals surface area contributed by atoms with Gasteiger partial charge in [-0.1, -0.05) is 18.5 Å². The molecule has 4 heteroatoms. The number of hydrogen-bond donors (Lipinski definition) is 0. The first-order valence-corrected chi connectivity index (χ1v) is 6.66. The van der Waals surface area contributed by atoms with E-state index in [4.69, 9.17) is 11.6 Å². The van der Waals surface area contributed by atoms with Gasteiger partial charge in [-0.25, -0.2) is 0 Å². The van der Waals surface area contributed by atoms with Crippen molar-refractivity contribution in [2.24, 2.45) is 0 Å². The molecule has 0 fully saturated rings. The van der Waals surface area contributed by atoms with Crippen LogP contribution in [-0.2, 0) is 0 Å². The van der Waals surface area contributed by atoms with Crippen molar-refractivity contribution in [3.8, 4) is 0 Å². The minimum absolute atomic E-state index is 0.0599. The minimum Gasteiger partial charge on any atom is -0.293 e. The summed E-state index contributed by atoms with van der Waals surface area (Å²) in [4.78, 5) is 16.3. The van der Waals surface area contributed by atoms with E-state index >= 15 is 0 Å². The predicted molar refractivity (Wildman–Crippen MR) is 76.1 cm³/mol. The lowest BCUT2D eigenvalue weighted by Gasteiger charge is -2.12.